The van der Waals surface area contributed by atoms with Crippen molar-refractivity contribution in [2.45, 2.75) is 37.8 Å². The first-order valence-corrected chi connectivity index (χ1v) is 11.0. The molecule has 2 N–H and O–H groups in total. The van der Waals surface area contributed by atoms with Gasteiger partial charge >= 0.3 is 0 Å². The molecule has 158 valence electrons. The van der Waals surface area contributed by atoms with Gasteiger partial charge in [0, 0.05) is 31.2 Å². The van der Waals surface area contributed by atoms with Crippen LogP contribution in [0.25, 0.3) is 0 Å². The van der Waals surface area contributed by atoms with Crippen LogP contribution in [0.5, 0.6) is 0 Å². The maximum Gasteiger partial charge on any atom is 0.251 e. The normalized spacial score (nSPS) is 22.5. The molecule has 3 atom stereocenters. The molecule has 7 heteroatoms. The number of halogens is 2. The number of benzene rings is 2. The second-order valence-corrected chi connectivity index (χ2v) is 8.70. The minimum atomic E-state index is -0.124. The minimum absolute atomic E-state index is 0.0132. The van der Waals surface area contributed by atoms with E-state index < -0.39 is 0 Å². The fraction of sp³-hybridized carbons (Fsp3) is 0.391. The van der Waals surface area contributed by atoms with Gasteiger partial charge in [0.25, 0.3) is 5.91 Å². The van der Waals surface area contributed by atoms with Crippen LogP contribution in [0.2, 0.25) is 10.0 Å². The summed E-state index contributed by atoms with van der Waals surface area (Å²) in [6.07, 6.45) is 2.94. The molecule has 5 nitrogen and oxygen atoms in total. The van der Waals surface area contributed by atoms with Crippen LogP contribution in [0.3, 0.4) is 0 Å². The monoisotopic (exact) mass is 446 g/mol. The molecule has 1 saturated carbocycles. The molecular weight excluding hydrogens is 423 g/mol. The third-order valence-electron chi connectivity index (χ3n) is 5.67. The Morgan fingerprint density at radius 3 is 2.70 bits per heavy atom. The molecule has 4 rings (SSSR count). The van der Waals surface area contributed by atoms with Crippen molar-refractivity contribution in [1.29, 1.82) is 0 Å². The van der Waals surface area contributed by atoms with E-state index in [4.69, 9.17) is 27.9 Å². The van der Waals surface area contributed by atoms with Crippen LogP contribution in [0.15, 0.2) is 42.5 Å². The van der Waals surface area contributed by atoms with Crippen molar-refractivity contribution in [3.05, 3.63) is 69.2 Å². The maximum absolute atomic E-state index is 12.5. The number of nitrogens with one attached hydrogen (secondary N) is 2. The summed E-state index contributed by atoms with van der Waals surface area (Å²) in [6, 6.07) is 12.8. The van der Waals surface area contributed by atoms with E-state index in [1.165, 1.54) is 0 Å². The average Bonchev–Trinajstić information content (AvgIpc) is 3.39. The van der Waals surface area contributed by atoms with Gasteiger partial charge in [-0.2, -0.15) is 0 Å². The van der Waals surface area contributed by atoms with Crippen LogP contribution in [-0.2, 0) is 16.1 Å². The average molecular weight is 447 g/mol. The zero-order chi connectivity index (χ0) is 21.1. The van der Waals surface area contributed by atoms with Gasteiger partial charge in [0.1, 0.15) is 0 Å². The first-order valence-electron chi connectivity index (χ1n) is 10.2. The van der Waals surface area contributed by atoms with Gasteiger partial charge in [0.15, 0.2) is 0 Å². The maximum atomic E-state index is 12.5. The molecular formula is C23H24Cl2N2O3. The first kappa shape index (κ1) is 21.2. The van der Waals surface area contributed by atoms with Gasteiger partial charge in [-0.25, -0.2) is 0 Å². The lowest BCUT2D eigenvalue weighted by Crippen LogP contribution is -2.31. The molecule has 2 amide bonds. The standard InChI is InChI=1S/C23H24Cl2N2O3/c24-20-7-6-15(10-21(20)25)18-11-19(18)23(29)26-12-14-3-1-4-16(9-14)22(28)27-13-17-5-2-8-30-17/h1,3-4,6-7,9-10,17-19H,2,5,8,11-13H2,(H,26,29)(H,27,28). The molecule has 30 heavy (non-hydrogen) atoms. The Hall–Kier alpha value is -2.08. The van der Waals surface area contributed by atoms with Crippen molar-refractivity contribution < 1.29 is 14.3 Å². The van der Waals surface area contributed by atoms with E-state index in [0.717, 1.165) is 37.0 Å². The Balaban J connectivity index is 1.27. The smallest absolute Gasteiger partial charge is 0.251 e. The number of hydrogen-bond donors (Lipinski definition) is 2. The van der Waals surface area contributed by atoms with E-state index in [0.29, 0.717) is 28.7 Å². The highest BCUT2D eigenvalue weighted by Gasteiger charge is 2.43. The van der Waals surface area contributed by atoms with E-state index in [1.54, 1.807) is 12.1 Å². The molecule has 0 spiro atoms. The van der Waals surface area contributed by atoms with E-state index in [2.05, 4.69) is 10.6 Å². The lowest BCUT2D eigenvalue weighted by Gasteiger charge is -2.11. The van der Waals surface area contributed by atoms with Gasteiger partial charge in [-0.3, -0.25) is 9.59 Å². The quantitative estimate of drug-likeness (QED) is 0.665. The van der Waals surface area contributed by atoms with Crippen LogP contribution in [0.1, 0.15) is 46.7 Å². The molecule has 0 aromatic heterocycles. The van der Waals surface area contributed by atoms with Crippen LogP contribution < -0.4 is 10.6 Å². The largest absolute Gasteiger partial charge is 0.376 e. The highest BCUT2D eigenvalue weighted by molar-refractivity contribution is 6.42. The Morgan fingerprint density at radius 1 is 1.07 bits per heavy atom. The number of amides is 2. The number of carbonyl (C=O) groups is 2. The van der Waals surface area contributed by atoms with Crippen molar-refractivity contribution in [3.63, 3.8) is 0 Å². The predicted octanol–water partition coefficient (Wildman–Crippen LogP) is 4.32. The van der Waals surface area contributed by atoms with Crippen LogP contribution in [0.4, 0.5) is 0 Å². The molecule has 1 aliphatic carbocycles. The van der Waals surface area contributed by atoms with Gasteiger partial charge in [-0.05, 0) is 60.6 Å². The van der Waals surface area contributed by atoms with Crippen LogP contribution in [0, 0.1) is 5.92 Å². The Kier molecular flexibility index (Phi) is 6.61. The molecule has 1 aliphatic heterocycles. The number of hydrogen-bond acceptors (Lipinski definition) is 3. The first-order chi connectivity index (χ1) is 14.5. The van der Waals surface area contributed by atoms with Gasteiger partial charge in [-0.15, -0.1) is 0 Å². The highest BCUT2D eigenvalue weighted by Crippen LogP contribution is 2.48. The second-order valence-electron chi connectivity index (χ2n) is 7.89. The summed E-state index contributed by atoms with van der Waals surface area (Å²) in [5, 5.41) is 6.93. The molecule has 1 heterocycles. The summed E-state index contributed by atoms with van der Waals surface area (Å²) in [5.74, 6) is 0.00896. The zero-order valence-electron chi connectivity index (χ0n) is 16.5. The molecule has 2 fully saturated rings. The Bertz CT molecular complexity index is 944. The van der Waals surface area contributed by atoms with Crippen molar-refractivity contribution >= 4 is 35.0 Å². The van der Waals surface area contributed by atoms with Crippen molar-refractivity contribution in [2.24, 2.45) is 5.92 Å². The summed E-state index contributed by atoms with van der Waals surface area (Å²) < 4.78 is 5.53. The minimum Gasteiger partial charge on any atom is -0.376 e. The second kappa shape index (κ2) is 9.38. The summed E-state index contributed by atoms with van der Waals surface area (Å²) in [6.45, 7) is 1.68. The Labute approximate surface area is 186 Å². The summed E-state index contributed by atoms with van der Waals surface area (Å²) >= 11 is 12.0. The third kappa shape index (κ3) is 5.15. The van der Waals surface area contributed by atoms with Crippen molar-refractivity contribution in [2.75, 3.05) is 13.2 Å². The summed E-state index contributed by atoms with van der Waals surface area (Å²) in [7, 11) is 0. The fourth-order valence-electron chi connectivity index (χ4n) is 3.85. The van der Waals surface area contributed by atoms with Crippen LogP contribution >= 0.6 is 23.2 Å². The fourth-order valence-corrected chi connectivity index (χ4v) is 4.16. The molecule has 0 bridgehead atoms. The van der Waals surface area contributed by atoms with E-state index in [1.807, 2.05) is 30.3 Å². The molecule has 2 aromatic carbocycles. The third-order valence-corrected chi connectivity index (χ3v) is 6.41. The lowest BCUT2D eigenvalue weighted by molar-refractivity contribution is -0.122. The number of rotatable bonds is 7. The van der Waals surface area contributed by atoms with Gasteiger partial charge in [0.05, 0.1) is 16.1 Å². The van der Waals surface area contributed by atoms with Crippen molar-refractivity contribution in [3.8, 4) is 0 Å². The summed E-state index contributed by atoms with van der Waals surface area (Å²) in [5.41, 5.74) is 2.51. The highest BCUT2D eigenvalue weighted by atomic mass is 35.5. The Morgan fingerprint density at radius 2 is 1.93 bits per heavy atom. The van der Waals surface area contributed by atoms with Crippen LogP contribution in [-0.4, -0.2) is 31.1 Å². The SMILES string of the molecule is O=C(NCC1CCCO1)c1cccc(CNC(=O)C2CC2c2ccc(Cl)c(Cl)c2)c1. The topological polar surface area (TPSA) is 67.4 Å². The van der Waals surface area contributed by atoms with Gasteiger partial charge in [0.2, 0.25) is 5.91 Å². The van der Waals surface area contributed by atoms with Gasteiger partial charge < -0.3 is 15.4 Å². The van der Waals surface area contributed by atoms with E-state index >= 15 is 0 Å². The molecule has 2 aliphatic rings. The number of carbonyl (C=O) groups excluding carboxylic acids is 2. The predicted molar refractivity (Wildman–Crippen MR) is 117 cm³/mol. The molecule has 3 unspecified atom stereocenters. The lowest BCUT2D eigenvalue weighted by atomic mass is 10.1. The van der Waals surface area contributed by atoms with Crippen molar-refractivity contribution in [1.82, 2.24) is 10.6 Å². The van der Waals surface area contributed by atoms with E-state index in [-0.39, 0.29) is 29.8 Å². The molecule has 1 saturated heterocycles. The summed E-state index contributed by atoms with van der Waals surface area (Å²) in [4.78, 5) is 24.9. The van der Waals surface area contributed by atoms with E-state index in [9.17, 15) is 9.59 Å². The molecule has 2 aromatic rings. The van der Waals surface area contributed by atoms with Gasteiger partial charge in [-0.1, -0.05) is 41.4 Å². The zero-order valence-corrected chi connectivity index (χ0v) is 18.0. The number of ether oxygens (including phenoxy) is 1. The molecule has 0 radical (unpaired) electrons.